The van der Waals surface area contributed by atoms with Crippen molar-refractivity contribution < 1.29 is 4.42 Å². The first-order valence-electron chi connectivity index (χ1n) is 21.2. The third-order valence-electron chi connectivity index (χ3n) is 11.9. The van der Waals surface area contributed by atoms with E-state index in [4.69, 9.17) is 4.42 Å². The lowest BCUT2D eigenvalue weighted by molar-refractivity contribution is 0.670. The first-order valence-corrected chi connectivity index (χ1v) is 21.2. The number of fused-ring (bicyclic) bond motifs is 3. The van der Waals surface area contributed by atoms with E-state index in [-0.39, 0.29) is 0 Å². The van der Waals surface area contributed by atoms with Gasteiger partial charge in [0, 0.05) is 33.3 Å². The molecule has 62 heavy (non-hydrogen) atoms. The van der Waals surface area contributed by atoms with Gasteiger partial charge in [-0.25, -0.2) is 0 Å². The summed E-state index contributed by atoms with van der Waals surface area (Å²) in [7, 11) is 0. The maximum absolute atomic E-state index is 6.47. The number of rotatable bonds is 9. The van der Waals surface area contributed by atoms with Gasteiger partial charge in [-0.15, -0.1) is 0 Å². The van der Waals surface area contributed by atoms with Crippen molar-refractivity contribution in [3.05, 3.63) is 249 Å². The highest BCUT2D eigenvalue weighted by atomic mass is 16.3. The van der Waals surface area contributed by atoms with Gasteiger partial charge in [-0.05, 0) is 104 Å². The molecule has 2 nitrogen and oxygen atoms in total. The molecule has 1 heterocycles. The molecule has 0 aliphatic rings. The Morgan fingerprint density at radius 3 is 1.35 bits per heavy atom. The summed E-state index contributed by atoms with van der Waals surface area (Å²) >= 11 is 0. The molecule has 0 N–H and O–H groups in total. The van der Waals surface area contributed by atoms with Gasteiger partial charge in [0.25, 0.3) is 0 Å². The van der Waals surface area contributed by atoms with Gasteiger partial charge in [0.05, 0.1) is 5.69 Å². The Labute approximate surface area is 362 Å². The quantitative estimate of drug-likeness (QED) is 0.145. The molecule has 0 radical (unpaired) electrons. The second-order valence-corrected chi connectivity index (χ2v) is 15.7. The molecule has 11 aromatic rings. The van der Waals surface area contributed by atoms with Gasteiger partial charge >= 0.3 is 0 Å². The number of hydrogen-bond donors (Lipinski definition) is 0. The van der Waals surface area contributed by atoms with Crippen LogP contribution in [0.25, 0.3) is 88.7 Å². The number of hydrogen-bond acceptors (Lipinski definition) is 2. The van der Waals surface area contributed by atoms with Crippen molar-refractivity contribution in [1.82, 2.24) is 0 Å². The zero-order valence-electron chi connectivity index (χ0n) is 34.0. The number of nitrogens with zero attached hydrogens (tertiary/aromatic N) is 1. The van der Waals surface area contributed by atoms with Crippen molar-refractivity contribution >= 4 is 39.0 Å². The molecule has 0 bridgehead atoms. The van der Waals surface area contributed by atoms with Crippen LogP contribution in [0.3, 0.4) is 0 Å². The number of furan rings is 1. The summed E-state index contributed by atoms with van der Waals surface area (Å²) in [6.45, 7) is 0. The summed E-state index contributed by atoms with van der Waals surface area (Å²) in [5.74, 6) is 0. The van der Waals surface area contributed by atoms with Crippen molar-refractivity contribution in [2.45, 2.75) is 0 Å². The molecule has 2 heteroatoms. The molecule has 0 aliphatic carbocycles. The smallest absolute Gasteiger partial charge is 0.143 e. The summed E-state index contributed by atoms with van der Waals surface area (Å²) < 4.78 is 6.47. The molecule has 0 spiro atoms. The second-order valence-electron chi connectivity index (χ2n) is 15.7. The highest BCUT2D eigenvalue weighted by Gasteiger charge is 2.21. The van der Waals surface area contributed by atoms with Crippen LogP contribution in [0.15, 0.2) is 253 Å². The lowest BCUT2D eigenvalue weighted by Crippen LogP contribution is -2.11. The predicted molar refractivity (Wildman–Crippen MR) is 261 cm³/mol. The first kappa shape index (κ1) is 36.8. The van der Waals surface area contributed by atoms with Crippen LogP contribution in [0, 0.1) is 0 Å². The Bertz CT molecular complexity index is 3300. The summed E-state index contributed by atoms with van der Waals surface area (Å²) in [6.07, 6.45) is 0. The Morgan fingerprint density at radius 2 is 0.710 bits per heavy atom. The molecule has 0 amide bonds. The summed E-state index contributed by atoms with van der Waals surface area (Å²) in [6, 6.07) is 89.1. The lowest BCUT2D eigenvalue weighted by Gasteiger charge is -2.29. The predicted octanol–water partition coefficient (Wildman–Crippen LogP) is 17.1. The van der Waals surface area contributed by atoms with E-state index in [1.807, 2.05) is 12.1 Å². The lowest BCUT2D eigenvalue weighted by atomic mass is 9.89. The Kier molecular flexibility index (Phi) is 9.57. The minimum absolute atomic E-state index is 0.899. The molecule has 1 aromatic heterocycles. The highest BCUT2D eigenvalue weighted by Crippen LogP contribution is 2.46. The first-order chi connectivity index (χ1) is 30.7. The standard InChI is InChI=1S/C60H41NO/c1-5-16-42(17-6-1)44-28-34-50(35-29-44)61(51-36-30-47(31-37-51)53-25-15-26-55-54-24-13-14-27-59(54)62-60(53)55)58-39-33-49(41-57(58)46-22-11-4-12-23-46)56-40-48(43-18-7-2-8-19-43)32-38-52(56)45-20-9-3-10-21-45/h1-41H. The van der Waals surface area contributed by atoms with Crippen LogP contribution < -0.4 is 4.90 Å². The van der Waals surface area contributed by atoms with Crippen LogP contribution in [-0.4, -0.2) is 0 Å². The third kappa shape index (κ3) is 6.94. The largest absolute Gasteiger partial charge is 0.455 e. The van der Waals surface area contributed by atoms with E-state index < -0.39 is 0 Å². The van der Waals surface area contributed by atoms with E-state index in [9.17, 15) is 0 Å². The molecule has 0 fully saturated rings. The fraction of sp³-hybridized carbons (Fsp3) is 0. The topological polar surface area (TPSA) is 16.4 Å². The van der Waals surface area contributed by atoms with Gasteiger partial charge < -0.3 is 9.32 Å². The van der Waals surface area contributed by atoms with Gasteiger partial charge in [-0.2, -0.15) is 0 Å². The minimum Gasteiger partial charge on any atom is -0.455 e. The third-order valence-corrected chi connectivity index (χ3v) is 11.9. The minimum atomic E-state index is 0.899. The molecule has 0 saturated heterocycles. The van der Waals surface area contributed by atoms with Crippen LogP contribution in [0.2, 0.25) is 0 Å². The number of anilines is 3. The van der Waals surface area contributed by atoms with Gasteiger partial charge in [-0.3, -0.25) is 0 Å². The van der Waals surface area contributed by atoms with Crippen LogP contribution in [0.1, 0.15) is 0 Å². The average Bonchev–Trinajstić information content (AvgIpc) is 3.75. The molecule has 11 rings (SSSR count). The van der Waals surface area contributed by atoms with Crippen molar-refractivity contribution in [2.75, 3.05) is 4.90 Å². The molecule has 292 valence electrons. The molecular formula is C60H41NO. The zero-order chi connectivity index (χ0) is 41.2. The second kappa shape index (κ2) is 16.1. The van der Waals surface area contributed by atoms with Crippen LogP contribution in [0.5, 0.6) is 0 Å². The number of benzene rings is 10. The van der Waals surface area contributed by atoms with E-state index in [0.717, 1.165) is 66.8 Å². The SMILES string of the molecule is c1ccc(-c2ccc(N(c3ccc(-c4cccc5c4oc4ccccc45)cc3)c3ccc(-c4cc(-c5ccccc5)ccc4-c4ccccc4)cc3-c3ccccc3)cc2)cc1. The van der Waals surface area contributed by atoms with Gasteiger partial charge in [-0.1, -0.05) is 200 Å². The van der Waals surface area contributed by atoms with Gasteiger partial charge in [0.2, 0.25) is 0 Å². The van der Waals surface area contributed by atoms with Crippen LogP contribution in [0.4, 0.5) is 17.1 Å². The van der Waals surface area contributed by atoms with E-state index in [2.05, 4.69) is 241 Å². The molecular weight excluding hydrogens is 751 g/mol. The van der Waals surface area contributed by atoms with Crippen LogP contribution in [-0.2, 0) is 0 Å². The van der Waals surface area contributed by atoms with E-state index in [1.54, 1.807) is 0 Å². The van der Waals surface area contributed by atoms with Crippen molar-refractivity contribution in [3.63, 3.8) is 0 Å². The highest BCUT2D eigenvalue weighted by molar-refractivity contribution is 6.09. The molecule has 0 aliphatic heterocycles. The Balaban J connectivity index is 1.09. The Hall–Kier alpha value is -8.20. The van der Waals surface area contributed by atoms with Crippen molar-refractivity contribution in [2.24, 2.45) is 0 Å². The molecule has 0 unspecified atom stereocenters. The van der Waals surface area contributed by atoms with Gasteiger partial charge in [0.1, 0.15) is 11.2 Å². The summed E-state index contributed by atoms with van der Waals surface area (Å²) in [5, 5.41) is 2.25. The maximum Gasteiger partial charge on any atom is 0.143 e. The maximum atomic E-state index is 6.47. The summed E-state index contributed by atoms with van der Waals surface area (Å²) in [4.78, 5) is 2.39. The zero-order valence-corrected chi connectivity index (χ0v) is 34.0. The molecule has 0 atom stereocenters. The van der Waals surface area contributed by atoms with Crippen molar-refractivity contribution in [3.8, 4) is 66.8 Å². The summed E-state index contributed by atoms with van der Waals surface area (Å²) in [5.41, 5.74) is 18.9. The van der Waals surface area contributed by atoms with E-state index in [0.29, 0.717) is 0 Å². The van der Waals surface area contributed by atoms with Gasteiger partial charge in [0.15, 0.2) is 0 Å². The molecule has 0 saturated carbocycles. The van der Waals surface area contributed by atoms with E-state index in [1.165, 1.54) is 38.9 Å². The van der Waals surface area contributed by atoms with Crippen LogP contribution >= 0.6 is 0 Å². The molecule has 10 aromatic carbocycles. The fourth-order valence-electron chi connectivity index (χ4n) is 8.84. The Morgan fingerprint density at radius 1 is 0.258 bits per heavy atom. The normalized spacial score (nSPS) is 11.2. The van der Waals surface area contributed by atoms with Crippen molar-refractivity contribution in [1.29, 1.82) is 0 Å². The average molecular weight is 792 g/mol. The number of para-hydroxylation sites is 2. The van der Waals surface area contributed by atoms with E-state index >= 15 is 0 Å². The fourth-order valence-corrected chi connectivity index (χ4v) is 8.84. The monoisotopic (exact) mass is 791 g/mol.